The lowest BCUT2D eigenvalue weighted by molar-refractivity contribution is 0.521. The monoisotopic (exact) mass is 304 g/mol. The van der Waals surface area contributed by atoms with Crippen molar-refractivity contribution in [3.05, 3.63) is 11.5 Å². The Bertz CT molecular complexity index is 683. The van der Waals surface area contributed by atoms with Crippen molar-refractivity contribution in [3.8, 4) is 0 Å². The molecular formula is C9H13ClN6O2S. The zero-order valence-corrected chi connectivity index (χ0v) is 12.0. The molecule has 2 rings (SSSR count). The van der Waals surface area contributed by atoms with Crippen LogP contribution in [0.4, 0.5) is 5.82 Å². The predicted molar refractivity (Wildman–Crippen MR) is 72.7 cm³/mol. The Balaban J connectivity index is 2.12. The van der Waals surface area contributed by atoms with Crippen LogP contribution in [0, 0.1) is 0 Å². The number of hydrogen-bond donors (Lipinski definition) is 2. The minimum atomic E-state index is -3.25. The maximum Gasteiger partial charge on any atom is 0.226 e. The minimum absolute atomic E-state index is 0.0407. The number of fused-ring (bicyclic) bond motifs is 1. The number of anilines is 1. The summed E-state index contributed by atoms with van der Waals surface area (Å²) >= 11 is 5.76. The van der Waals surface area contributed by atoms with Gasteiger partial charge >= 0.3 is 0 Å². The molecule has 0 saturated heterocycles. The highest BCUT2D eigenvalue weighted by Crippen LogP contribution is 2.19. The normalized spacial score (nSPS) is 12.2. The van der Waals surface area contributed by atoms with Crippen LogP contribution < -0.4 is 5.32 Å². The largest absolute Gasteiger partial charge is 0.368 e. The molecule has 19 heavy (non-hydrogen) atoms. The van der Waals surface area contributed by atoms with Crippen LogP contribution in [0.5, 0.6) is 0 Å². The van der Waals surface area contributed by atoms with E-state index in [2.05, 4.69) is 25.5 Å². The third-order valence-corrected chi connectivity index (χ3v) is 4.49. The van der Waals surface area contributed by atoms with E-state index >= 15 is 0 Å². The van der Waals surface area contributed by atoms with E-state index in [0.717, 1.165) is 0 Å². The molecule has 0 aliphatic rings. The standard InChI is InChI=1S/C9H13ClN6O2S/c1-16(2)19(17,18)4-3-11-7-6-5-12-15-8(6)14-9(10)13-7/h5H,3-4H2,1-2H3,(H2,11,12,13,14,15). The molecule has 0 aliphatic carbocycles. The quantitative estimate of drug-likeness (QED) is 0.770. The first kappa shape index (κ1) is 14.0. The predicted octanol–water partition coefficient (Wildman–Crippen LogP) is 0.310. The van der Waals surface area contributed by atoms with Crippen LogP contribution in [0.2, 0.25) is 5.28 Å². The van der Waals surface area contributed by atoms with Gasteiger partial charge in [-0.25, -0.2) is 12.7 Å². The highest BCUT2D eigenvalue weighted by molar-refractivity contribution is 7.89. The van der Waals surface area contributed by atoms with Gasteiger partial charge in [0.25, 0.3) is 0 Å². The number of hydrogen-bond acceptors (Lipinski definition) is 6. The average molecular weight is 305 g/mol. The van der Waals surface area contributed by atoms with Crippen molar-refractivity contribution in [2.24, 2.45) is 0 Å². The van der Waals surface area contributed by atoms with E-state index < -0.39 is 10.0 Å². The van der Waals surface area contributed by atoms with Crippen LogP contribution in [-0.4, -0.2) is 59.3 Å². The smallest absolute Gasteiger partial charge is 0.226 e. The van der Waals surface area contributed by atoms with Crippen LogP contribution >= 0.6 is 11.6 Å². The molecule has 0 saturated carbocycles. The van der Waals surface area contributed by atoms with Gasteiger partial charge in [-0.3, -0.25) is 5.10 Å². The highest BCUT2D eigenvalue weighted by Gasteiger charge is 2.14. The van der Waals surface area contributed by atoms with Gasteiger partial charge in [0.1, 0.15) is 5.82 Å². The van der Waals surface area contributed by atoms with Crippen LogP contribution in [0.3, 0.4) is 0 Å². The first-order valence-corrected chi connectivity index (χ1v) is 7.39. The lowest BCUT2D eigenvalue weighted by Gasteiger charge is -2.12. The van der Waals surface area contributed by atoms with Gasteiger partial charge < -0.3 is 5.32 Å². The SMILES string of the molecule is CN(C)S(=O)(=O)CCNc1nc(Cl)nc2[nH]ncc12. The maximum absolute atomic E-state index is 11.6. The summed E-state index contributed by atoms with van der Waals surface area (Å²) in [5.41, 5.74) is 0.498. The van der Waals surface area contributed by atoms with Crippen molar-refractivity contribution in [1.82, 2.24) is 24.5 Å². The fraction of sp³-hybridized carbons (Fsp3) is 0.444. The molecule has 104 valence electrons. The zero-order valence-electron chi connectivity index (χ0n) is 10.4. The zero-order chi connectivity index (χ0) is 14.0. The Morgan fingerprint density at radius 2 is 2.16 bits per heavy atom. The van der Waals surface area contributed by atoms with E-state index in [1.54, 1.807) is 6.20 Å². The number of aromatic amines is 1. The number of nitrogens with one attached hydrogen (secondary N) is 2. The molecule has 0 fully saturated rings. The number of rotatable bonds is 5. The Hall–Kier alpha value is -1.45. The van der Waals surface area contributed by atoms with Gasteiger partial charge in [-0.15, -0.1) is 0 Å². The van der Waals surface area contributed by atoms with Gasteiger partial charge in [-0.2, -0.15) is 15.1 Å². The number of nitrogens with zero attached hydrogens (tertiary/aromatic N) is 4. The van der Waals surface area contributed by atoms with Crippen molar-refractivity contribution in [2.45, 2.75) is 0 Å². The summed E-state index contributed by atoms with van der Waals surface area (Å²) in [4.78, 5) is 7.96. The van der Waals surface area contributed by atoms with Gasteiger partial charge in [0, 0.05) is 20.6 Å². The minimum Gasteiger partial charge on any atom is -0.368 e. The Morgan fingerprint density at radius 1 is 1.42 bits per heavy atom. The van der Waals surface area contributed by atoms with Gasteiger partial charge in [0.15, 0.2) is 5.65 Å². The number of aromatic nitrogens is 4. The van der Waals surface area contributed by atoms with Gasteiger partial charge in [-0.05, 0) is 11.6 Å². The lowest BCUT2D eigenvalue weighted by Crippen LogP contribution is -2.28. The Labute approximate surface area is 115 Å². The van der Waals surface area contributed by atoms with Crippen LogP contribution in [-0.2, 0) is 10.0 Å². The molecule has 8 nitrogen and oxygen atoms in total. The summed E-state index contributed by atoms with van der Waals surface area (Å²) in [6.45, 7) is 0.216. The van der Waals surface area contributed by atoms with E-state index in [1.807, 2.05) is 0 Å². The second kappa shape index (κ2) is 5.27. The van der Waals surface area contributed by atoms with Crippen molar-refractivity contribution in [3.63, 3.8) is 0 Å². The van der Waals surface area contributed by atoms with E-state index in [9.17, 15) is 8.42 Å². The Kier molecular flexibility index (Phi) is 3.88. The van der Waals surface area contributed by atoms with E-state index in [-0.39, 0.29) is 17.6 Å². The molecule has 0 unspecified atom stereocenters. The van der Waals surface area contributed by atoms with E-state index in [4.69, 9.17) is 11.6 Å². The number of halogens is 1. The summed E-state index contributed by atoms with van der Waals surface area (Å²) in [5.74, 6) is 0.416. The highest BCUT2D eigenvalue weighted by atomic mass is 35.5. The van der Waals surface area contributed by atoms with Gasteiger partial charge in [0.2, 0.25) is 15.3 Å². The summed E-state index contributed by atoms with van der Waals surface area (Å²) < 4.78 is 24.4. The average Bonchev–Trinajstić information content (AvgIpc) is 2.76. The number of H-pyrrole nitrogens is 1. The first-order chi connectivity index (χ1) is 8.90. The fourth-order valence-corrected chi connectivity index (χ4v) is 2.32. The third kappa shape index (κ3) is 3.11. The molecule has 0 bridgehead atoms. The van der Waals surface area contributed by atoms with Gasteiger partial charge in [0.05, 0.1) is 17.3 Å². The fourth-order valence-electron chi connectivity index (χ4n) is 1.42. The molecule has 0 amide bonds. The second-order valence-corrected chi connectivity index (χ2v) is 6.64. The molecule has 0 spiro atoms. The molecule has 0 aliphatic heterocycles. The molecule has 2 aromatic rings. The van der Waals surface area contributed by atoms with Crippen molar-refractivity contribution >= 4 is 38.5 Å². The molecule has 2 heterocycles. The van der Waals surface area contributed by atoms with E-state index in [1.165, 1.54) is 18.4 Å². The van der Waals surface area contributed by atoms with Crippen LogP contribution in [0.1, 0.15) is 0 Å². The molecule has 2 N–H and O–H groups in total. The summed E-state index contributed by atoms with van der Waals surface area (Å²) in [5, 5.41) is 10.2. The lowest BCUT2D eigenvalue weighted by atomic mass is 10.4. The summed E-state index contributed by atoms with van der Waals surface area (Å²) in [7, 11) is -0.265. The second-order valence-electron chi connectivity index (χ2n) is 4.00. The molecule has 0 radical (unpaired) electrons. The summed E-state index contributed by atoms with van der Waals surface area (Å²) in [6.07, 6.45) is 1.55. The van der Waals surface area contributed by atoms with E-state index in [0.29, 0.717) is 16.9 Å². The van der Waals surface area contributed by atoms with Crippen LogP contribution in [0.25, 0.3) is 11.0 Å². The molecule has 0 aromatic carbocycles. The topological polar surface area (TPSA) is 104 Å². The van der Waals surface area contributed by atoms with Crippen molar-refractivity contribution in [1.29, 1.82) is 0 Å². The third-order valence-electron chi connectivity index (χ3n) is 2.49. The molecular weight excluding hydrogens is 292 g/mol. The molecule has 10 heteroatoms. The first-order valence-electron chi connectivity index (χ1n) is 5.41. The van der Waals surface area contributed by atoms with Crippen molar-refractivity contribution in [2.75, 3.05) is 31.7 Å². The molecule has 2 aromatic heterocycles. The van der Waals surface area contributed by atoms with Gasteiger partial charge in [-0.1, -0.05) is 0 Å². The Morgan fingerprint density at radius 3 is 2.84 bits per heavy atom. The molecule has 0 atom stereocenters. The maximum atomic E-state index is 11.6. The van der Waals surface area contributed by atoms with Crippen molar-refractivity contribution < 1.29 is 8.42 Å². The summed E-state index contributed by atoms with van der Waals surface area (Å²) in [6, 6.07) is 0. The van der Waals surface area contributed by atoms with Crippen LogP contribution in [0.15, 0.2) is 6.20 Å². The number of sulfonamides is 1.